The zero-order valence-corrected chi connectivity index (χ0v) is 9.75. The normalized spacial score (nSPS) is 12.2. The summed E-state index contributed by atoms with van der Waals surface area (Å²) >= 11 is 1.52. The van der Waals surface area contributed by atoms with Crippen LogP contribution in [-0.4, -0.2) is 0 Å². The first-order valence-electron chi connectivity index (χ1n) is 5.05. The van der Waals surface area contributed by atoms with Gasteiger partial charge in [-0.25, -0.2) is 0 Å². The fourth-order valence-corrected chi connectivity index (χ4v) is 2.18. The van der Waals surface area contributed by atoms with Gasteiger partial charge in [0.2, 0.25) is 0 Å². The van der Waals surface area contributed by atoms with E-state index >= 15 is 0 Å². The van der Waals surface area contributed by atoms with E-state index in [1.807, 2.05) is 24.3 Å². The Kier molecular flexibility index (Phi) is 3.40. The Balaban J connectivity index is 1.90. The first-order valence-corrected chi connectivity index (χ1v) is 5.87. The zero-order chi connectivity index (χ0) is 11.4. The SMILES string of the molecule is C[C@@H](NCc1ccc(C#N)s1)c1ccco1. The quantitative estimate of drug-likeness (QED) is 0.881. The van der Waals surface area contributed by atoms with Crippen LogP contribution in [-0.2, 0) is 6.54 Å². The van der Waals surface area contributed by atoms with Gasteiger partial charge in [0.25, 0.3) is 0 Å². The maximum absolute atomic E-state index is 8.70. The van der Waals surface area contributed by atoms with Crippen LogP contribution in [0.1, 0.15) is 28.5 Å². The lowest BCUT2D eigenvalue weighted by Crippen LogP contribution is -2.16. The van der Waals surface area contributed by atoms with Gasteiger partial charge in [-0.3, -0.25) is 0 Å². The molecule has 2 aromatic rings. The fourth-order valence-electron chi connectivity index (χ4n) is 1.42. The number of thiophene rings is 1. The molecule has 0 spiro atoms. The Morgan fingerprint density at radius 1 is 1.50 bits per heavy atom. The lowest BCUT2D eigenvalue weighted by atomic mass is 10.2. The van der Waals surface area contributed by atoms with Crippen molar-refractivity contribution in [2.45, 2.75) is 19.5 Å². The molecule has 0 aliphatic rings. The van der Waals surface area contributed by atoms with Crippen LogP contribution in [0.15, 0.2) is 34.9 Å². The summed E-state index contributed by atoms with van der Waals surface area (Å²) in [5.74, 6) is 0.928. The molecule has 0 aliphatic heterocycles. The highest BCUT2D eigenvalue weighted by Crippen LogP contribution is 2.17. The number of hydrogen-bond acceptors (Lipinski definition) is 4. The Labute approximate surface area is 98.3 Å². The molecule has 2 rings (SSSR count). The molecule has 0 bridgehead atoms. The largest absolute Gasteiger partial charge is 0.468 e. The van der Waals surface area contributed by atoms with Gasteiger partial charge in [-0.05, 0) is 31.2 Å². The topological polar surface area (TPSA) is 49.0 Å². The van der Waals surface area contributed by atoms with E-state index in [1.165, 1.54) is 11.3 Å². The second-order valence-corrected chi connectivity index (χ2v) is 4.66. The van der Waals surface area contributed by atoms with E-state index in [0.717, 1.165) is 22.1 Å². The van der Waals surface area contributed by atoms with E-state index in [9.17, 15) is 0 Å². The Bertz CT molecular complexity index is 481. The van der Waals surface area contributed by atoms with E-state index in [0.29, 0.717) is 0 Å². The smallest absolute Gasteiger partial charge is 0.120 e. The Morgan fingerprint density at radius 3 is 3.00 bits per heavy atom. The third kappa shape index (κ3) is 2.51. The third-order valence-corrected chi connectivity index (χ3v) is 3.31. The summed E-state index contributed by atoms with van der Waals surface area (Å²) in [4.78, 5) is 1.91. The van der Waals surface area contributed by atoms with Crippen LogP contribution in [0.5, 0.6) is 0 Å². The number of nitrogens with one attached hydrogen (secondary N) is 1. The van der Waals surface area contributed by atoms with Gasteiger partial charge in [0.1, 0.15) is 16.7 Å². The summed E-state index contributed by atoms with van der Waals surface area (Å²) in [6, 6.07) is 9.97. The van der Waals surface area contributed by atoms with Gasteiger partial charge in [0.05, 0.1) is 12.3 Å². The molecule has 0 aliphatic carbocycles. The van der Waals surface area contributed by atoms with Gasteiger partial charge in [-0.1, -0.05) is 0 Å². The molecule has 0 saturated carbocycles. The van der Waals surface area contributed by atoms with E-state index in [2.05, 4.69) is 18.3 Å². The summed E-state index contributed by atoms with van der Waals surface area (Å²) in [6.07, 6.45) is 1.67. The molecule has 16 heavy (non-hydrogen) atoms. The molecule has 0 saturated heterocycles. The summed E-state index contributed by atoms with van der Waals surface area (Å²) in [7, 11) is 0. The molecule has 4 heteroatoms. The first kappa shape index (κ1) is 10.9. The van der Waals surface area contributed by atoms with Crippen LogP contribution in [0.4, 0.5) is 0 Å². The summed E-state index contributed by atoms with van der Waals surface area (Å²) in [5.41, 5.74) is 0. The highest BCUT2D eigenvalue weighted by atomic mass is 32.1. The second kappa shape index (κ2) is 4.97. The van der Waals surface area contributed by atoms with E-state index in [-0.39, 0.29) is 6.04 Å². The third-order valence-electron chi connectivity index (χ3n) is 2.32. The van der Waals surface area contributed by atoms with Crippen molar-refractivity contribution in [1.29, 1.82) is 5.26 Å². The number of furan rings is 1. The van der Waals surface area contributed by atoms with Gasteiger partial charge in [-0.2, -0.15) is 5.26 Å². The molecule has 0 unspecified atom stereocenters. The molecule has 82 valence electrons. The number of rotatable bonds is 4. The lowest BCUT2D eigenvalue weighted by molar-refractivity contribution is 0.431. The van der Waals surface area contributed by atoms with E-state index < -0.39 is 0 Å². The highest BCUT2D eigenvalue weighted by molar-refractivity contribution is 7.12. The van der Waals surface area contributed by atoms with Crippen molar-refractivity contribution >= 4 is 11.3 Å². The summed E-state index contributed by atoms with van der Waals surface area (Å²) in [6.45, 7) is 2.81. The molecule has 2 heterocycles. The molecule has 1 N–H and O–H groups in total. The van der Waals surface area contributed by atoms with E-state index in [1.54, 1.807) is 6.26 Å². The van der Waals surface area contributed by atoms with Crippen molar-refractivity contribution in [3.05, 3.63) is 46.0 Å². The molecule has 0 aromatic carbocycles. The van der Waals surface area contributed by atoms with Crippen LogP contribution in [0.3, 0.4) is 0 Å². The predicted octanol–water partition coefficient (Wildman–Crippen LogP) is 3.06. The Morgan fingerprint density at radius 2 is 2.38 bits per heavy atom. The van der Waals surface area contributed by atoms with Crippen molar-refractivity contribution < 1.29 is 4.42 Å². The average molecular weight is 232 g/mol. The molecule has 0 fully saturated rings. The van der Waals surface area contributed by atoms with Gasteiger partial charge in [0.15, 0.2) is 0 Å². The minimum atomic E-state index is 0.183. The van der Waals surface area contributed by atoms with Crippen LogP contribution in [0.2, 0.25) is 0 Å². The predicted molar refractivity (Wildman–Crippen MR) is 63.0 cm³/mol. The van der Waals surface area contributed by atoms with Crippen molar-refractivity contribution in [2.24, 2.45) is 0 Å². The average Bonchev–Trinajstić information content (AvgIpc) is 2.96. The molecular weight excluding hydrogens is 220 g/mol. The molecular formula is C12H12N2OS. The van der Waals surface area contributed by atoms with Crippen LogP contribution >= 0.6 is 11.3 Å². The molecule has 0 amide bonds. The van der Waals surface area contributed by atoms with Gasteiger partial charge < -0.3 is 9.73 Å². The Hall–Kier alpha value is -1.57. The maximum atomic E-state index is 8.70. The fraction of sp³-hybridized carbons (Fsp3) is 0.250. The summed E-state index contributed by atoms with van der Waals surface area (Å²) < 4.78 is 5.30. The van der Waals surface area contributed by atoms with Gasteiger partial charge in [0, 0.05) is 11.4 Å². The highest BCUT2D eigenvalue weighted by Gasteiger charge is 2.07. The molecule has 0 radical (unpaired) electrons. The van der Waals surface area contributed by atoms with Gasteiger partial charge >= 0.3 is 0 Å². The lowest BCUT2D eigenvalue weighted by Gasteiger charge is -2.09. The number of nitrogens with zero attached hydrogens (tertiary/aromatic N) is 1. The summed E-state index contributed by atoms with van der Waals surface area (Å²) in [5, 5.41) is 12.0. The molecule has 2 aromatic heterocycles. The van der Waals surface area contributed by atoms with Crippen LogP contribution < -0.4 is 5.32 Å². The maximum Gasteiger partial charge on any atom is 0.120 e. The first-order chi connectivity index (χ1) is 7.79. The monoisotopic (exact) mass is 232 g/mol. The molecule has 1 atom stereocenters. The second-order valence-electron chi connectivity index (χ2n) is 3.50. The van der Waals surface area contributed by atoms with Crippen LogP contribution in [0.25, 0.3) is 0 Å². The van der Waals surface area contributed by atoms with Crippen molar-refractivity contribution in [1.82, 2.24) is 5.32 Å². The van der Waals surface area contributed by atoms with Crippen molar-refractivity contribution in [2.75, 3.05) is 0 Å². The number of hydrogen-bond donors (Lipinski definition) is 1. The minimum Gasteiger partial charge on any atom is -0.468 e. The number of nitriles is 1. The van der Waals surface area contributed by atoms with Gasteiger partial charge in [-0.15, -0.1) is 11.3 Å². The standard InChI is InChI=1S/C12H12N2OS/c1-9(12-3-2-6-15-12)14-8-11-5-4-10(7-13)16-11/h2-6,9,14H,8H2,1H3/t9-/m1/s1. The zero-order valence-electron chi connectivity index (χ0n) is 8.93. The van der Waals surface area contributed by atoms with Crippen molar-refractivity contribution in [3.63, 3.8) is 0 Å². The van der Waals surface area contributed by atoms with Crippen molar-refractivity contribution in [3.8, 4) is 6.07 Å². The molecule has 3 nitrogen and oxygen atoms in total. The van der Waals surface area contributed by atoms with E-state index in [4.69, 9.17) is 9.68 Å². The minimum absolute atomic E-state index is 0.183. The van der Waals surface area contributed by atoms with Crippen LogP contribution in [0, 0.1) is 11.3 Å².